The lowest BCUT2D eigenvalue weighted by Gasteiger charge is -2.23. The predicted molar refractivity (Wildman–Crippen MR) is 69.9 cm³/mol. The molecule has 0 bridgehead atoms. The summed E-state index contributed by atoms with van der Waals surface area (Å²) in [5.41, 5.74) is 0.330. The first-order valence-electron chi connectivity index (χ1n) is 5.76. The molecule has 6 nitrogen and oxygen atoms in total. The summed E-state index contributed by atoms with van der Waals surface area (Å²) in [6.07, 6.45) is 2.57. The van der Waals surface area contributed by atoms with E-state index >= 15 is 0 Å². The number of aromatic nitrogens is 2. The summed E-state index contributed by atoms with van der Waals surface area (Å²) in [6, 6.07) is 0. The van der Waals surface area contributed by atoms with Crippen LogP contribution in [-0.2, 0) is 11.3 Å². The fraction of sp³-hybridized carbons (Fsp3) is 0.500. The summed E-state index contributed by atoms with van der Waals surface area (Å²) in [7, 11) is 0. The first kappa shape index (κ1) is 13.8. The van der Waals surface area contributed by atoms with Gasteiger partial charge in [0.1, 0.15) is 17.0 Å². The van der Waals surface area contributed by atoms with Crippen LogP contribution in [0.2, 0.25) is 0 Å². The summed E-state index contributed by atoms with van der Waals surface area (Å²) in [6.45, 7) is 5.41. The van der Waals surface area contributed by atoms with E-state index in [0.29, 0.717) is 16.3 Å². The van der Waals surface area contributed by atoms with E-state index in [1.807, 2.05) is 6.26 Å². The SMILES string of the molecule is CSc1ncnc2c1C(=O)N(C(=O)OC(C)(C)C)C2. The van der Waals surface area contributed by atoms with E-state index in [1.54, 1.807) is 20.8 Å². The molecular weight excluding hydrogens is 266 g/mol. The van der Waals surface area contributed by atoms with Crippen molar-refractivity contribution in [3.8, 4) is 0 Å². The van der Waals surface area contributed by atoms with Crippen LogP contribution in [0.1, 0.15) is 36.8 Å². The first-order valence-corrected chi connectivity index (χ1v) is 6.98. The van der Waals surface area contributed by atoms with Crippen molar-refractivity contribution in [3.63, 3.8) is 0 Å². The molecule has 2 amide bonds. The topological polar surface area (TPSA) is 72.4 Å². The van der Waals surface area contributed by atoms with Crippen molar-refractivity contribution in [1.82, 2.24) is 14.9 Å². The molecule has 2 rings (SSSR count). The van der Waals surface area contributed by atoms with E-state index in [4.69, 9.17) is 4.74 Å². The van der Waals surface area contributed by atoms with Gasteiger partial charge in [-0.1, -0.05) is 0 Å². The number of rotatable bonds is 1. The molecule has 0 aromatic carbocycles. The Kier molecular flexibility index (Phi) is 3.49. The Labute approximate surface area is 115 Å². The average Bonchev–Trinajstić information content (AvgIpc) is 2.65. The lowest BCUT2D eigenvalue weighted by atomic mass is 10.2. The van der Waals surface area contributed by atoms with E-state index in [1.165, 1.54) is 18.1 Å². The Hall–Kier alpha value is -1.63. The van der Waals surface area contributed by atoms with Crippen LogP contribution in [0.5, 0.6) is 0 Å². The largest absolute Gasteiger partial charge is 0.443 e. The molecule has 0 fully saturated rings. The fourth-order valence-electron chi connectivity index (χ4n) is 1.71. The lowest BCUT2D eigenvalue weighted by Crippen LogP contribution is -2.37. The maximum atomic E-state index is 12.2. The van der Waals surface area contributed by atoms with E-state index < -0.39 is 17.6 Å². The molecule has 19 heavy (non-hydrogen) atoms. The number of ether oxygens (including phenoxy) is 1. The third-order valence-electron chi connectivity index (χ3n) is 2.47. The molecule has 102 valence electrons. The highest BCUT2D eigenvalue weighted by atomic mass is 32.2. The number of thioether (sulfide) groups is 1. The summed E-state index contributed by atoms with van der Waals surface area (Å²) in [5, 5.41) is 0.584. The molecular formula is C12H15N3O3S. The van der Waals surface area contributed by atoms with Crippen molar-refractivity contribution in [2.45, 2.75) is 37.9 Å². The first-order chi connectivity index (χ1) is 8.83. The Morgan fingerprint density at radius 1 is 1.42 bits per heavy atom. The van der Waals surface area contributed by atoms with Gasteiger partial charge in [0, 0.05) is 0 Å². The van der Waals surface area contributed by atoms with Crippen LogP contribution in [0.25, 0.3) is 0 Å². The minimum atomic E-state index is -0.650. The predicted octanol–water partition coefficient (Wildman–Crippen LogP) is 2.09. The molecule has 0 aliphatic carbocycles. The number of hydrogen-bond acceptors (Lipinski definition) is 6. The van der Waals surface area contributed by atoms with Crippen LogP contribution in [0.3, 0.4) is 0 Å². The van der Waals surface area contributed by atoms with Gasteiger partial charge in [-0.25, -0.2) is 19.7 Å². The van der Waals surface area contributed by atoms with E-state index in [9.17, 15) is 9.59 Å². The third kappa shape index (κ3) is 2.70. The maximum Gasteiger partial charge on any atom is 0.417 e. The molecule has 0 unspecified atom stereocenters. The number of amides is 2. The molecule has 1 aliphatic rings. The average molecular weight is 281 g/mol. The Morgan fingerprint density at radius 2 is 2.11 bits per heavy atom. The second-order valence-corrected chi connectivity index (χ2v) is 5.87. The number of nitrogens with zero attached hydrogens (tertiary/aromatic N) is 3. The van der Waals surface area contributed by atoms with Gasteiger partial charge in [-0.2, -0.15) is 0 Å². The molecule has 0 atom stereocenters. The van der Waals surface area contributed by atoms with Crippen LogP contribution in [0.4, 0.5) is 4.79 Å². The van der Waals surface area contributed by atoms with Gasteiger partial charge in [0.15, 0.2) is 0 Å². The molecule has 0 saturated carbocycles. The van der Waals surface area contributed by atoms with Crippen molar-refractivity contribution in [2.24, 2.45) is 0 Å². The molecule has 1 aromatic heterocycles. The fourth-order valence-corrected chi connectivity index (χ4v) is 2.28. The zero-order chi connectivity index (χ0) is 14.2. The quantitative estimate of drug-likeness (QED) is 0.579. The van der Waals surface area contributed by atoms with Gasteiger partial charge in [-0.3, -0.25) is 4.79 Å². The number of hydrogen-bond donors (Lipinski definition) is 0. The van der Waals surface area contributed by atoms with Gasteiger partial charge in [0.2, 0.25) is 0 Å². The van der Waals surface area contributed by atoms with Crippen molar-refractivity contribution in [1.29, 1.82) is 0 Å². The number of carbonyl (C=O) groups is 2. The van der Waals surface area contributed by atoms with Gasteiger partial charge in [-0.15, -0.1) is 11.8 Å². The van der Waals surface area contributed by atoms with Crippen molar-refractivity contribution < 1.29 is 14.3 Å². The van der Waals surface area contributed by atoms with Gasteiger partial charge < -0.3 is 4.74 Å². The van der Waals surface area contributed by atoms with Crippen LogP contribution >= 0.6 is 11.8 Å². The van der Waals surface area contributed by atoms with Crippen LogP contribution in [0.15, 0.2) is 11.4 Å². The smallest absolute Gasteiger partial charge is 0.417 e. The molecule has 7 heteroatoms. The molecule has 0 radical (unpaired) electrons. The van der Waals surface area contributed by atoms with Gasteiger partial charge in [-0.05, 0) is 27.0 Å². The highest BCUT2D eigenvalue weighted by Crippen LogP contribution is 2.28. The van der Waals surface area contributed by atoms with Gasteiger partial charge >= 0.3 is 6.09 Å². The maximum absolute atomic E-state index is 12.2. The standard InChI is InChI=1S/C12H15N3O3S/c1-12(2,3)18-11(17)15-5-7-8(10(15)16)9(19-4)14-6-13-7/h6H,5H2,1-4H3. The second-order valence-electron chi connectivity index (χ2n) is 5.08. The zero-order valence-electron chi connectivity index (χ0n) is 11.3. The number of imide groups is 1. The Morgan fingerprint density at radius 3 is 2.68 bits per heavy atom. The molecule has 0 spiro atoms. The molecule has 1 aromatic rings. The molecule has 0 N–H and O–H groups in total. The molecule has 2 heterocycles. The number of carbonyl (C=O) groups excluding carboxylic acids is 2. The normalized spacial score (nSPS) is 14.5. The highest BCUT2D eigenvalue weighted by Gasteiger charge is 2.37. The van der Waals surface area contributed by atoms with Crippen molar-refractivity contribution in [3.05, 3.63) is 17.6 Å². The second kappa shape index (κ2) is 4.80. The van der Waals surface area contributed by atoms with Gasteiger partial charge in [0.05, 0.1) is 17.8 Å². The summed E-state index contributed by atoms with van der Waals surface area (Å²) >= 11 is 1.35. The van der Waals surface area contributed by atoms with E-state index in [0.717, 1.165) is 4.90 Å². The van der Waals surface area contributed by atoms with Crippen LogP contribution in [-0.4, -0.2) is 38.7 Å². The Balaban J connectivity index is 2.27. The Bertz CT molecular complexity index is 540. The minimum absolute atomic E-state index is 0.138. The monoisotopic (exact) mass is 281 g/mol. The number of fused-ring (bicyclic) bond motifs is 1. The highest BCUT2D eigenvalue weighted by molar-refractivity contribution is 7.98. The van der Waals surface area contributed by atoms with E-state index in [-0.39, 0.29) is 6.54 Å². The lowest BCUT2D eigenvalue weighted by molar-refractivity contribution is 0.0246. The summed E-state index contributed by atoms with van der Waals surface area (Å²) in [4.78, 5) is 33.4. The third-order valence-corrected chi connectivity index (χ3v) is 3.16. The summed E-state index contributed by atoms with van der Waals surface area (Å²) < 4.78 is 5.21. The zero-order valence-corrected chi connectivity index (χ0v) is 12.1. The van der Waals surface area contributed by atoms with E-state index in [2.05, 4.69) is 9.97 Å². The minimum Gasteiger partial charge on any atom is -0.443 e. The van der Waals surface area contributed by atoms with Crippen molar-refractivity contribution in [2.75, 3.05) is 6.26 Å². The summed E-state index contributed by atoms with van der Waals surface area (Å²) in [5.74, 6) is -0.394. The van der Waals surface area contributed by atoms with Crippen LogP contribution in [0, 0.1) is 0 Å². The molecule has 1 aliphatic heterocycles. The van der Waals surface area contributed by atoms with Crippen LogP contribution < -0.4 is 0 Å². The van der Waals surface area contributed by atoms with Gasteiger partial charge in [0.25, 0.3) is 5.91 Å². The molecule has 0 saturated heterocycles. The van der Waals surface area contributed by atoms with Crippen molar-refractivity contribution >= 4 is 23.8 Å².